The van der Waals surface area contributed by atoms with E-state index in [-0.39, 0.29) is 0 Å². The third-order valence-electron chi connectivity index (χ3n) is 3.96. The Labute approximate surface area is 112 Å². The predicted molar refractivity (Wildman–Crippen MR) is 81.3 cm³/mol. The molecule has 0 aliphatic rings. The van der Waals surface area contributed by atoms with Gasteiger partial charge in [0, 0.05) is 19.3 Å². The molecule has 0 saturated carbocycles. The molecule has 1 aromatic rings. The summed E-state index contributed by atoms with van der Waals surface area (Å²) >= 11 is 0. The lowest BCUT2D eigenvalue weighted by atomic mass is 9.98. The van der Waals surface area contributed by atoms with Gasteiger partial charge in [0.15, 0.2) is 0 Å². The molecule has 0 fully saturated rings. The number of hydrogen-bond acceptors (Lipinski definition) is 2. The van der Waals surface area contributed by atoms with E-state index in [0.29, 0.717) is 11.8 Å². The largest absolute Gasteiger partial charge is 0.374 e. The average Bonchev–Trinajstić information content (AvgIpc) is 2.43. The van der Waals surface area contributed by atoms with Crippen LogP contribution < -0.4 is 10.6 Å². The molecule has 0 spiro atoms. The molecule has 0 aliphatic carbocycles. The van der Waals surface area contributed by atoms with Gasteiger partial charge >= 0.3 is 0 Å². The Kier molecular flexibility index (Phi) is 6.20. The van der Waals surface area contributed by atoms with Gasteiger partial charge in [0.1, 0.15) is 0 Å². The molecular weight excluding hydrogens is 220 g/mol. The van der Waals surface area contributed by atoms with Crippen molar-refractivity contribution in [2.75, 3.05) is 25.0 Å². The number of nitrogens with two attached hydrogens (primary N) is 1. The minimum atomic E-state index is 0.587. The molecule has 0 aliphatic heterocycles. The van der Waals surface area contributed by atoms with E-state index < -0.39 is 0 Å². The van der Waals surface area contributed by atoms with Crippen LogP contribution in [0, 0.1) is 5.92 Å². The van der Waals surface area contributed by atoms with Crippen LogP contribution in [0.1, 0.15) is 45.1 Å². The highest BCUT2D eigenvalue weighted by molar-refractivity contribution is 5.47. The van der Waals surface area contributed by atoms with Gasteiger partial charge in [0.25, 0.3) is 0 Å². The third kappa shape index (κ3) is 4.02. The first kappa shape index (κ1) is 15.0. The van der Waals surface area contributed by atoms with Crippen molar-refractivity contribution < 1.29 is 0 Å². The quantitative estimate of drug-likeness (QED) is 0.798. The highest BCUT2D eigenvalue weighted by atomic mass is 15.1. The molecular formula is C16H28N2. The van der Waals surface area contributed by atoms with Gasteiger partial charge in [-0.25, -0.2) is 0 Å². The molecule has 102 valence electrons. The first-order valence-corrected chi connectivity index (χ1v) is 7.13. The molecule has 2 heteroatoms. The van der Waals surface area contributed by atoms with Gasteiger partial charge in [0.05, 0.1) is 0 Å². The maximum atomic E-state index is 5.76. The van der Waals surface area contributed by atoms with Crippen LogP contribution in [0.3, 0.4) is 0 Å². The Balaban J connectivity index is 2.66. The lowest BCUT2D eigenvalue weighted by Crippen LogP contribution is -2.29. The van der Waals surface area contributed by atoms with E-state index >= 15 is 0 Å². The molecule has 0 amide bonds. The predicted octanol–water partition coefficient (Wildman–Crippen LogP) is 3.62. The second kappa shape index (κ2) is 7.42. The zero-order chi connectivity index (χ0) is 13.5. The molecule has 0 radical (unpaired) electrons. The summed E-state index contributed by atoms with van der Waals surface area (Å²) in [5.74, 6) is 1.24. The highest BCUT2D eigenvalue weighted by Crippen LogP contribution is 2.22. The summed E-state index contributed by atoms with van der Waals surface area (Å²) in [4.78, 5) is 2.31. The molecule has 2 nitrogen and oxygen atoms in total. The fourth-order valence-electron chi connectivity index (χ4n) is 2.16. The lowest BCUT2D eigenvalue weighted by molar-refractivity contribution is 0.521. The highest BCUT2D eigenvalue weighted by Gasteiger charge is 2.09. The van der Waals surface area contributed by atoms with Crippen LogP contribution in [-0.4, -0.2) is 20.1 Å². The molecule has 2 atom stereocenters. The van der Waals surface area contributed by atoms with Crippen molar-refractivity contribution in [3.63, 3.8) is 0 Å². The molecule has 0 saturated heterocycles. The third-order valence-corrected chi connectivity index (χ3v) is 3.96. The molecule has 1 rings (SSSR count). The second-order valence-corrected chi connectivity index (χ2v) is 5.29. The van der Waals surface area contributed by atoms with Crippen molar-refractivity contribution in [3.8, 4) is 0 Å². The van der Waals surface area contributed by atoms with Crippen LogP contribution in [-0.2, 0) is 0 Å². The smallest absolute Gasteiger partial charge is 0.0363 e. The number of hydrogen-bond donors (Lipinski definition) is 1. The van der Waals surface area contributed by atoms with E-state index in [2.05, 4.69) is 57.0 Å². The normalized spacial score (nSPS) is 14.3. The van der Waals surface area contributed by atoms with Gasteiger partial charge < -0.3 is 10.6 Å². The number of benzene rings is 1. The second-order valence-electron chi connectivity index (χ2n) is 5.29. The van der Waals surface area contributed by atoms with Crippen molar-refractivity contribution in [1.82, 2.24) is 0 Å². The number of anilines is 1. The van der Waals surface area contributed by atoms with E-state index in [9.17, 15) is 0 Å². The zero-order valence-corrected chi connectivity index (χ0v) is 12.3. The number of nitrogens with zero attached hydrogens (tertiary/aromatic N) is 1. The summed E-state index contributed by atoms with van der Waals surface area (Å²) in [6.07, 6.45) is 2.34. The molecule has 2 unspecified atom stereocenters. The van der Waals surface area contributed by atoms with E-state index in [1.165, 1.54) is 17.7 Å². The number of rotatable bonds is 7. The maximum Gasteiger partial charge on any atom is 0.0363 e. The molecule has 0 heterocycles. The molecule has 18 heavy (non-hydrogen) atoms. The van der Waals surface area contributed by atoms with E-state index in [1.807, 2.05) is 0 Å². The van der Waals surface area contributed by atoms with Crippen LogP contribution in [0.4, 0.5) is 5.69 Å². The zero-order valence-electron chi connectivity index (χ0n) is 12.3. The maximum absolute atomic E-state index is 5.76. The molecule has 0 bridgehead atoms. The summed E-state index contributed by atoms with van der Waals surface area (Å²) in [6, 6.07) is 8.96. The van der Waals surface area contributed by atoms with Gasteiger partial charge in [-0.05, 0) is 42.5 Å². The summed E-state index contributed by atoms with van der Waals surface area (Å²) in [5.41, 5.74) is 8.48. The van der Waals surface area contributed by atoms with E-state index in [0.717, 1.165) is 19.5 Å². The summed E-state index contributed by atoms with van der Waals surface area (Å²) in [5, 5.41) is 0. The fraction of sp³-hybridized carbons (Fsp3) is 0.625. The molecule has 0 aromatic heterocycles. The molecule has 1 aromatic carbocycles. The summed E-state index contributed by atoms with van der Waals surface area (Å²) in [7, 11) is 2.15. The Bertz CT molecular complexity index is 327. The Hall–Kier alpha value is -1.02. The minimum absolute atomic E-state index is 0.587. The van der Waals surface area contributed by atoms with E-state index in [1.54, 1.807) is 0 Å². The lowest BCUT2D eigenvalue weighted by Gasteiger charge is -2.24. The molecule has 2 N–H and O–H groups in total. The van der Waals surface area contributed by atoms with Gasteiger partial charge in [-0.3, -0.25) is 0 Å². The average molecular weight is 248 g/mol. The van der Waals surface area contributed by atoms with Gasteiger partial charge in [-0.2, -0.15) is 0 Å². The minimum Gasteiger partial charge on any atom is -0.374 e. The standard InChI is InChI=1S/C16H28N2/c1-5-13(3)15-7-9-16(10-8-15)18(4)12-14(6-2)11-17/h7-10,13-14H,5-6,11-12,17H2,1-4H3. The van der Waals surface area contributed by atoms with Crippen LogP contribution in [0.2, 0.25) is 0 Å². The van der Waals surface area contributed by atoms with E-state index in [4.69, 9.17) is 5.73 Å². The van der Waals surface area contributed by atoms with Crippen molar-refractivity contribution in [1.29, 1.82) is 0 Å². The van der Waals surface area contributed by atoms with Gasteiger partial charge in [-0.15, -0.1) is 0 Å². The van der Waals surface area contributed by atoms with Crippen molar-refractivity contribution in [2.45, 2.75) is 39.5 Å². The van der Waals surface area contributed by atoms with Crippen LogP contribution in [0.25, 0.3) is 0 Å². The Morgan fingerprint density at radius 3 is 2.17 bits per heavy atom. The fourth-order valence-corrected chi connectivity index (χ4v) is 2.16. The Morgan fingerprint density at radius 1 is 1.11 bits per heavy atom. The first-order valence-electron chi connectivity index (χ1n) is 7.13. The van der Waals surface area contributed by atoms with Gasteiger partial charge in [0.2, 0.25) is 0 Å². The van der Waals surface area contributed by atoms with Crippen LogP contribution in [0.5, 0.6) is 0 Å². The Morgan fingerprint density at radius 2 is 1.72 bits per heavy atom. The monoisotopic (exact) mass is 248 g/mol. The SMILES string of the molecule is CCC(CN)CN(C)c1ccc(C(C)CC)cc1. The van der Waals surface area contributed by atoms with Gasteiger partial charge in [-0.1, -0.05) is 39.3 Å². The summed E-state index contributed by atoms with van der Waals surface area (Å²) in [6.45, 7) is 8.52. The first-order chi connectivity index (χ1) is 8.62. The van der Waals surface area contributed by atoms with Crippen LogP contribution >= 0.6 is 0 Å². The van der Waals surface area contributed by atoms with Crippen molar-refractivity contribution >= 4 is 5.69 Å². The van der Waals surface area contributed by atoms with Crippen LogP contribution in [0.15, 0.2) is 24.3 Å². The van der Waals surface area contributed by atoms with Crippen molar-refractivity contribution in [2.24, 2.45) is 11.7 Å². The topological polar surface area (TPSA) is 29.3 Å². The van der Waals surface area contributed by atoms with Crippen molar-refractivity contribution in [3.05, 3.63) is 29.8 Å². The summed E-state index contributed by atoms with van der Waals surface area (Å²) < 4.78 is 0.